The van der Waals surface area contributed by atoms with Crippen molar-refractivity contribution < 1.29 is 9.53 Å². The fraction of sp³-hybridized carbons (Fsp3) is 0.923. The van der Waals surface area contributed by atoms with Crippen molar-refractivity contribution in [3.8, 4) is 0 Å². The van der Waals surface area contributed by atoms with Gasteiger partial charge in [-0.3, -0.25) is 4.79 Å². The molecule has 1 fully saturated rings. The highest BCUT2D eigenvalue weighted by molar-refractivity contribution is 5.81. The molecule has 0 spiro atoms. The van der Waals surface area contributed by atoms with E-state index in [2.05, 4.69) is 29.5 Å². The van der Waals surface area contributed by atoms with Crippen molar-refractivity contribution >= 4 is 5.91 Å². The average molecular weight is 257 g/mol. The summed E-state index contributed by atoms with van der Waals surface area (Å²) in [5.41, 5.74) is 0. The van der Waals surface area contributed by atoms with Gasteiger partial charge in [0, 0.05) is 25.7 Å². The van der Waals surface area contributed by atoms with Gasteiger partial charge in [-0.1, -0.05) is 0 Å². The van der Waals surface area contributed by atoms with Crippen LogP contribution in [0.15, 0.2) is 0 Å². The van der Waals surface area contributed by atoms with E-state index in [4.69, 9.17) is 4.74 Å². The Morgan fingerprint density at radius 1 is 1.56 bits per heavy atom. The van der Waals surface area contributed by atoms with Crippen LogP contribution in [0.25, 0.3) is 0 Å². The molecule has 5 nitrogen and oxygen atoms in total. The average Bonchev–Trinajstić information content (AvgIpc) is 2.34. The fourth-order valence-corrected chi connectivity index (χ4v) is 2.30. The molecule has 0 aliphatic carbocycles. The van der Waals surface area contributed by atoms with E-state index in [0.29, 0.717) is 25.2 Å². The molecule has 3 atom stereocenters. The van der Waals surface area contributed by atoms with Gasteiger partial charge in [-0.25, -0.2) is 0 Å². The first-order chi connectivity index (χ1) is 8.54. The van der Waals surface area contributed by atoms with Crippen molar-refractivity contribution in [2.75, 3.05) is 33.9 Å². The summed E-state index contributed by atoms with van der Waals surface area (Å²) in [4.78, 5) is 14.2. The molecule has 1 heterocycles. The number of amides is 1. The first kappa shape index (κ1) is 15.4. The fourth-order valence-electron chi connectivity index (χ4n) is 2.30. The standard InChI is InChI=1S/C13H27N3O2/c1-10-9-12(5-7-16(10)3)15-11(2)13(17)14-6-8-18-4/h10-12,15H,5-9H2,1-4H3,(H,14,17). The second-order valence-electron chi connectivity index (χ2n) is 5.22. The van der Waals surface area contributed by atoms with Crippen molar-refractivity contribution in [2.24, 2.45) is 0 Å². The van der Waals surface area contributed by atoms with E-state index in [0.717, 1.165) is 19.4 Å². The number of ether oxygens (including phenoxy) is 1. The Hall–Kier alpha value is -0.650. The molecule has 0 aromatic heterocycles. The molecule has 5 heteroatoms. The monoisotopic (exact) mass is 257 g/mol. The van der Waals surface area contributed by atoms with Gasteiger partial charge in [-0.05, 0) is 40.3 Å². The molecule has 1 rings (SSSR count). The zero-order valence-electron chi connectivity index (χ0n) is 12.0. The predicted molar refractivity (Wildman–Crippen MR) is 72.6 cm³/mol. The summed E-state index contributed by atoms with van der Waals surface area (Å²) in [6.45, 7) is 6.38. The molecule has 106 valence electrons. The number of carbonyl (C=O) groups is 1. The molecule has 0 aromatic rings. The summed E-state index contributed by atoms with van der Waals surface area (Å²) in [5.74, 6) is 0.0543. The van der Waals surface area contributed by atoms with Gasteiger partial charge >= 0.3 is 0 Å². The van der Waals surface area contributed by atoms with E-state index < -0.39 is 0 Å². The smallest absolute Gasteiger partial charge is 0.236 e. The minimum atomic E-state index is -0.137. The second kappa shape index (κ2) is 7.71. The van der Waals surface area contributed by atoms with Gasteiger partial charge in [-0.15, -0.1) is 0 Å². The van der Waals surface area contributed by atoms with E-state index in [9.17, 15) is 4.79 Å². The van der Waals surface area contributed by atoms with Crippen LogP contribution in [0.4, 0.5) is 0 Å². The number of rotatable bonds is 6. The van der Waals surface area contributed by atoms with Crippen molar-refractivity contribution in [3.05, 3.63) is 0 Å². The lowest BCUT2D eigenvalue weighted by atomic mass is 9.98. The van der Waals surface area contributed by atoms with Crippen LogP contribution in [0.2, 0.25) is 0 Å². The molecular weight excluding hydrogens is 230 g/mol. The summed E-state index contributed by atoms with van der Waals surface area (Å²) in [5, 5.41) is 6.27. The minimum Gasteiger partial charge on any atom is -0.383 e. The number of nitrogens with one attached hydrogen (secondary N) is 2. The maximum Gasteiger partial charge on any atom is 0.236 e. The molecule has 1 amide bonds. The molecule has 0 radical (unpaired) electrons. The maximum atomic E-state index is 11.8. The molecule has 1 saturated heterocycles. The largest absolute Gasteiger partial charge is 0.383 e. The third kappa shape index (κ3) is 4.92. The first-order valence-corrected chi connectivity index (χ1v) is 6.77. The third-order valence-electron chi connectivity index (χ3n) is 3.69. The van der Waals surface area contributed by atoms with E-state index in [1.54, 1.807) is 7.11 Å². The lowest BCUT2D eigenvalue weighted by Crippen LogP contribution is -2.52. The molecule has 0 aromatic carbocycles. The molecule has 0 saturated carbocycles. The van der Waals surface area contributed by atoms with Crippen LogP contribution in [0.1, 0.15) is 26.7 Å². The highest BCUT2D eigenvalue weighted by atomic mass is 16.5. The molecule has 1 aliphatic rings. The minimum absolute atomic E-state index is 0.0543. The summed E-state index contributed by atoms with van der Waals surface area (Å²) >= 11 is 0. The lowest BCUT2D eigenvalue weighted by molar-refractivity contribution is -0.123. The van der Waals surface area contributed by atoms with E-state index in [-0.39, 0.29) is 11.9 Å². The van der Waals surface area contributed by atoms with Gasteiger partial charge in [0.1, 0.15) is 0 Å². The predicted octanol–water partition coefficient (Wildman–Crippen LogP) is 0.210. The second-order valence-corrected chi connectivity index (χ2v) is 5.22. The first-order valence-electron chi connectivity index (χ1n) is 6.77. The number of nitrogens with zero attached hydrogens (tertiary/aromatic N) is 1. The van der Waals surface area contributed by atoms with Gasteiger partial charge < -0.3 is 20.3 Å². The van der Waals surface area contributed by atoms with Gasteiger partial charge in [-0.2, -0.15) is 0 Å². The number of carbonyl (C=O) groups excluding carboxylic acids is 1. The number of piperidine rings is 1. The highest BCUT2D eigenvalue weighted by Gasteiger charge is 2.25. The van der Waals surface area contributed by atoms with Gasteiger partial charge in [0.2, 0.25) is 5.91 Å². The Labute approximate surface area is 110 Å². The Bertz CT molecular complexity index is 261. The number of likely N-dealkylation sites (tertiary alicyclic amines) is 1. The Morgan fingerprint density at radius 3 is 2.89 bits per heavy atom. The van der Waals surface area contributed by atoms with Crippen LogP contribution < -0.4 is 10.6 Å². The van der Waals surface area contributed by atoms with Crippen LogP contribution in [0, 0.1) is 0 Å². The zero-order valence-corrected chi connectivity index (χ0v) is 12.0. The third-order valence-corrected chi connectivity index (χ3v) is 3.69. The maximum absolute atomic E-state index is 11.8. The number of methoxy groups -OCH3 is 1. The highest BCUT2D eigenvalue weighted by Crippen LogP contribution is 2.15. The summed E-state index contributed by atoms with van der Waals surface area (Å²) in [7, 11) is 3.79. The van der Waals surface area contributed by atoms with Gasteiger partial charge in [0.15, 0.2) is 0 Å². The van der Waals surface area contributed by atoms with Crippen molar-refractivity contribution in [1.29, 1.82) is 0 Å². The molecular formula is C13H27N3O2. The summed E-state index contributed by atoms with van der Waals surface area (Å²) in [6, 6.07) is 0.891. The molecule has 3 unspecified atom stereocenters. The van der Waals surface area contributed by atoms with E-state index in [1.165, 1.54) is 0 Å². The quantitative estimate of drug-likeness (QED) is 0.668. The van der Waals surface area contributed by atoms with Crippen LogP contribution in [-0.4, -0.2) is 62.8 Å². The number of hydrogen-bond acceptors (Lipinski definition) is 4. The van der Waals surface area contributed by atoms with Crippen LogP contribution >= 0.6 is 0 Å². The van der Waals surface area contributed by atoms with Crippen molar-refractivity contribution in [2.45, 2.75) is 44.8 Å². The summed E-state index contributed by atoms with van der Waals surface area (Å²) in [6.07, 6.45) is 2.21. The Kier molecular flexibility index (Phi) is 6.60. The van der Waals surface area contributed by atoms with Crippen LogP contribution in [-0.2, 0) is 9.53 Å². The molecule has 2 N–H and O–H groups in total. The number of hydrogen-bond donors (Lipinski definition) is 2. The molecule has 1 aliphatic heterocycles. The molecule has 18 heavy (non-hydrogen) atoms. The SMILES string of the molecule is COCCNC(=O)C(C)NC1CCN(C)C(C)C1. The Morgan fingerprint density at radius 2 is 2.28 bits per heavy atom. The summed E-state index contributed by atoms with van der Waals surface area (Å²) < 4.78 is 4.91. The van der Waals surface area contributed by atoms with E-state index >= 15 is 0 Å². The normalized spacial score (nSPS) is 26.9. The van der Waals surface area contributed by atoms with Crippen molar-refractivity contribution in [3.63, 3.8) is 0 Å². The zero-order chi connectivity index (χ0) is 13.5. The van der Waals surface area contributed by atoms with E-state index in [1.807, 2.05) is 6.92 Å². The lowest BCUT2D eigenvalue weighted by Gasteiger charge is -2.36. The van der Waals surface area contributed by atoms with Gasteiger partial charge in [0.05, 0.1) is 12.6 Å². The topological polar surface area (TPSA) is 53.6 Å². The van der Waals surface area contributed by atoms with Crippen LogP contribution in [0.5, 0.6) is 0 Å². The van der Waals surface area contributed by atoms with Crippen molar-refractivity contribution in [1.82, 2.24) is 15.5 Å². The Balaban J connectivity index is 2.26. The molecule has 0 bridgehead atoms. The van der Waals surface area contributed by atoms with Crippen LogP contribution in [0.3, 0.4) is 0 Å². The van der Waals surface area contributed by atoms with Gasteiger partial charge in [0.25, 0.3) is 0 Å².